The first kappa shape index (κ1) is 10.9. The Morgan fingerprint density at radius 3 is 2.77 bits per heavy atom. The Labute approximate surface area is 80.5 Å². The van der Waals surface area contributed by atoms with Gasteiger partial charge in [0.05, 0.1) is 0 Å². The van der Waals surface area contributed by atoms with Gasteiger partial charge in [-0.1, -0.05) is 6.92 Å². The molecule has 1 saturated heterocycles. The molecule has 1 aliphatic rings. The van der Waals surface area contributed by atoms with Crippen LogP contribution in [0, 0.1) is 5.92 Å². The van der Waals surface area contributed by atoms with Gasteiger partial charge in [0.25, 0.3) is 0 Å². The highest BCUT2D eigenvalue weighted by Crippen LogP contribution is 2.20. The molecule has 0 spiro atoms. The highest BCUT2D eigenvalue weighted by Gasteiger charge is 2.27. The van der Waals surface area contributed by atoms with Crippen molar-refractivity contribution < 1.29 is 4.39 Å². The smallest absolute Gasteiger partial charge is 0.102 e. The Morgan fingerprint density at radius 1 is 1.46 bits per heavy atom. The molecule has 2 nitrogen and oxygen atoms in total. The zero-order chi connectivity index (χ0) is 9.84. The van der Waals surface area contributed by atoms with Crippen LogP contribution in [0.25, 0.3) is 0 Å². The van der Waals surface area contributed by atoms with Crippen LogP contribution >= 0.6 is 0 Å². The Bertz CT molecular complexity index is 152. The summed E-state index contributed by atoms with van der Waals surface area (Å²) in [6.07, 6.45) is 1.14. The third-order valence-corrected chi connectivity index (χ3v) is 3.11. The molecule has 0 aromatic carbocycles. The van der Waals surface area contributed by atoms with Gasteiger partial charge in [-0.25, -0.2) is 4.39 Å². The van der Waals surface area contributed by atoms with Crippen LogP contribution in [-0.4, -0.2) is 43.8 Å². The van der Waals surface area contributed by atoms with E-state index in [1.54, 1.807) is 0 Å². The van der Waals surface area contributed by atoms with Crippen LogP contribution in [0.3, 0.4) is 0 Å². The number of rotatable bonds is 3. The van der Waals surface area contributed by atoms with E-state index in [1.165, 1.54) is 0 Å². The fourth-order valence-electron chi connectivity index (χ4n) is 2.07. The molecule has 1 fully saturated rings. The van der Waals surface area contributed by atoms with Gasteiger partial charge < -0.3 is 10.2 Å². The van der Waals surface area contributed by atoms with E-state index in [1.807, 2.05) is 0 Å². The summed E-state index contributed by atoms with van der Waals surface area (Å²) in [5, 5.41) is 3.27. The summed E-state index contributed by atoms with van der Waals surface area (Å²) >= 11 is 0. The van der Waals surface area contributed by atoms with Gasteiger partial charge in [0.15, 0.2) is 0 Å². The van der Waals surface area contributed by atoms with Crippen LogP contribution in [0.4, 0.5) is 4.39 Å². The molecule has 1 heterocycles. The average Bonchev–Trinajstić information content (AvgIpc) is 2.09. The number of hydrogen-bond acceptors (Lipinski definition) is 2. The molecule has 1 N–H and O–H groups in total. The summed E-state index contributed by atoms with van der Waals surface area (Å²) in [5.41, 5.74) is 0. The summed E-state index contributed by atoms with van der Waals surface area (Å²) < 4.78 is 12.0. The lowest BCUT2D eigenvalue weighted by molar-refractivity contribution is 0.121. The maximum atomic E-state index is 12.0. The first-order valence-corrected chi connectivity index (χ1v) is 5.14. The van der Waals surface area contributed by atoms with Gasteiger partial charge in [0.2, 0.25) is 0 Å². The molecule has 13 heavy (non-hydrogen) atoms. The van der Waals surface area contributed by atoms with Gasteiger partial charge >= 0.3 is 0 Å². The van der Waals surface area contributed by atoms with Crippen molar-refractivity contribution in [1.29, 1.82) is 0 Å². The summed E-state index contributed by atoms with van der Waals surface area (Å²) in [6.45, 7) is 5.83. The summed E-state index contributed by atoms with van der Waals surface area (Å²) in [6, 6.07) is 1.12. The first-order chi connectivity index (χ1) is 6.15. The molecule has 0 bridgehead atoms. The van der Waals surface area contributed by atoms with Crippen molar-refractivity contribution in [1.82, 2.24) is 10.2 Å². The maximum Gasteiger partial charge on any atom is 0.102 e. The van der Waals surface area contributed by atoms with Gasteiger partial charge in [-0.3, -0.25) is 0 Å². The first-order valence-electron chi connectivity index (χ1n) is 5.14. The number of hydrogen-bond donors (Lipinski definition) is 1. The second-order valence-corrected chi connectivity index (χ2v) is 4.25. The van der Waals surface area contributed by atoms with Gasteiger partial charge in [0.1, 0.15) is 6.67 Å². The van der Waals surface area contributed by atoms with E-state index in [0.717, 1.165) is 13.0 Å². The third-order valence-electron chi connectivity index (χ3n) is 3.11. The maximum absolute atomic E-state index is 12.0. The number of nitrogens with zero attached hydrogens (tertiary/aromatic N) is 1. The molecule has 3 atom stereocenters. The molecule has 1 aliphatic heterocycles. The van der Waals surface area contributed by atoms with Crippen LogP contribution < -0.4 is 5.32 Å². The minimum atomic E-state index is -0.257. The quantitative estimate of drug-likeness (QED) is 0.717. The van der Waals surface area contributed by atoms with Crippen molar-refractivity contribution in [2.24, 2.45) is 5.92 Å². The van der Waals surface area contributed by atoms with Crippen molar-refractivity contribution in [2.45, 2.75) is 32.4 Å². The predicted octanol–water partition coefficient (Wildman–Crippen LogP) is 1.27. The molecule has 1 rings (SSSR count). The van der Waals surface area contributed by atoms with E-state index in [0.29, 0.717) is 24.5 Å². The topological polar surface area (TPSA) is 15.3 Å². The van der Waals surface area contributed by atoms with E-state index in [9.17, 15) is 4.39 Å². The van der Waals surface area contributed by atoms with Crippen molar-refractivity contribution in [3.05, 3.63) is 0 Å². The van der Waals surface area contributed by atoms with E-state index in [-0.39, 0.29) is 6.67 Å². The SMILES string of the molecule is CC1CN(C)C(C)CC1NCCF. The third kappa shape index (κ3) is 2.92. The molecule has 78 valence electrons. The zero-order valence-corrected chi connectivity index (χ0v) is 8.89. The lowest BCUT2D eigenvalue weighted by Gasteiger charge is -2.40. The molecule has 3 unspecified atom stereocenters. The zero-order valence-electron chi connectivity index (χ0n) is 8.89. The van der Waals surface area contributed by atoms with Gasteiger partial charge in [-0.15, -0.1) is 0 Å². The van der Waals surface area contributed by atoms with Crippen LogP contribution in [0.2, 0.25) is 0 Å². The highest BCUT2D eigenvalue weighted by molar-refractivity contribution is 4.85. The Balaban J connectivity index is 2.37. The fraction of sp³-hybridized carbons (Fsp3) is 1.00. The second kappa shape index (κ2) is 4.91. The van der Waals surface area contributed by atoms with Gasteiger partial charge in [-0.05, 0) is 26.3 Å². The molecular formula is C10H21FN2. The molecule has 0 aromatic heterocycles. The van der Waals surface area contributed by atoms with Crippen molar-refractivity contribution in [2.75, 3.05) is 26.8 Å². The standard InChI is InChI=1S/C10H21FN2/c1-8-7-13(3)9(2)6-10(8)12-5-4-11/h8-10,12H,4-7H2,1-3H3. The molecule has 0 radical (unpaired) electrons. The molecular weight excluding hydrogens is 167 g/mol. The molecule has 0 saturated carbocycles. The molecule has 0 aromatic rings. The predicted molar refractivity (Wildman–Crippen MR) is 53.6 cm³/mol. The average molecular weight is 188 g/mol. The number of halogens is 1. The van der Waals surface area contributed by atoms with Gasteiger partial charge in [-0.2, -0.15) is 0 Å². The van der Waals surface area contributed by atoms with Crippen molar-refractivity contribution in [3.63, 3.8) is 0 Å². The van der Waals surface area contributed by atoms with E-state index >= 15 is 0 Å². The van der Waals surface area contributed by atoms with Crippen molar-refractivity contribution in [3.8, 4) is 0 Å². The molecule has 3 heteroatoms. The van der Waals surface area contributed by atoms with Crippen LogP contribution in [0.1, 0.15) is 20.3 Å². The fourth-order valence-corrected chi connectivity index (χ4v) is 2.07. The van der Waals surface area contributed by atoms with E-state index in [4.69, 9.17) is 0 Å². The van der Waals surface area contributed by atoms with Crippen LogP contribution in [-0.2, 0) is 0 Å². The largest absolute Gasteiger partial charge is 0.311 e. The lowest BCUT2D eigenvalue weighted by atomic mass is 9.90. The number of alkyl halides is 1. The highest BCUT2D eigenvalue weighted by atomic mass is 19.1. The number of nitrogens with one attached hydrogen (secondary N) is 1. The summed E-state index contributed by atoms with van der Waals surface area (Å²) in [7, 11) is 2.16. The summed E-state index contributed by atoms with van der Waals surface area (Å²) in [4.78, 5) is 2.37. The Morgan fingerprint density at radius 2 is 2.15 bits per heavy atom. The number of likely N-dealkylation sites (tertiary alicyclic amines) is 1. The molecule has 0 amide bonds. The minimum absolute atomic E-state index is 0.257. The molecule has 0 aliphatic carbocycles. The van der Waals surface area contributed by atoms with Crippen molar-refractivity contribution >= 4 is 0 Å². The van der Waals surface area contributed by atoms with E-state index in [2.05, 4.69) is 31.1 Å². The van der Waals surface area contributed by atoms with E-state index < -0.39 is 0 Å². The minimum Gasteiger partial charge on any atom is -0.311 e. The second-order valence-electron chi connectivity index (χ2n) is 4.25. The number of piperidine rings is 1. The Hall–Kier alpha value is -0.150. The summed E-state index contributed by atoms with van der Waals surface area (Å²) in [5.74, 6) is 0.632. The monoisotopic (exact) mass is 188 g/mol. The lowest BCUT2D eigenvalue weighted by Crippen LogP contribution is -2.51. The Kier molecular flexibility index (Phi) is 4.13. The van der Waals surface area contributed by atoms with Gasteiger partial charge in [0, 0.05) is 25.2 Å². The normalized spacial score (nSPS) is 36.5. The van der Waals surface area contributed by atoms with Crippen LogP contribution in [0.15, 0.2) is 0 Å². The van der Waals surface area contributed by atoms with Crippen LogP contribution in [0.5, 0.6) is 0 Å².